The minimum absolute atomic E-state index is 0.258. The molecule has 116 valence electrons. The number of amides is 1. The first kappa shape index (κ1) is 15.8. The number of hydrogen-bond acceptors (Lipinski definition) is 4. The summed E-state index contributed by atoms with van der Waals surface area (Å²) in [5, 5.41) is 2.73. The molecule has 0 saturated carbocycles. The van der Waals surface area contributed by atoms with Gasteiger partial charge in [0, 0.05) is 17.3 Å². The van der Waals surface area contributed by atoms with E-state index in [1.54, 1.807) is 36.4 Å². The Morgan fingerprint density at radius 1 is 1.09 bits per heavy atom. The first-order valence-electron chi connectivity index (χ1n) is 6.41. The van der Waals surface area contributed by atoms with E-state index >= 15 is 0 Å². The normalized spacial score (nSPS) is 10.8. The van der Waals surface area contributed by atoms with Crippen LogP contribution in [0.4, 0.5) is 11.4 Å². The molecule has 2 rings (SSSR count). The zero-order valence-corrected chi connectivity index (χ0v) is 13.0. The Labute approximate surface area is 129 Å². The first-order valence-corrected chi connectivity index (χ1v) is 8.30. The largest absolute Gasteiger partial charge is 0.494 e. The van der Waals surface area contributed by atoms with Crippen molar-refractivity contribution >= 4 is 27.3 Å². The van der Waals surface area contributed by atoms with Crippen LogP contribution in [0.3, 0.4) is 0 Å². The van der Waals surface area contributed by atoms with Gasteiger partial charge in [-0.3, -0.25) is 9.52 Å². The molecule has 0 aliphatic rings. The van der Waals surface area contributed by atoms with Crippen molar-refractivity contribution in [3.8, 4) is 5.75 Å². The monoisotopic (exact) mass is 320 g/mol. The summed E-state index contributed by atoms with van der Waals surface area (Å²) in [6.45, 7) is 0. The fraction of sp³-hybridized carbons (Fsp3) is 0.133. The van der Waals surface area contributed by atoms with Crippen molar-refractivity contribution in [3.05, 3.63) is 54.1 Å². The highest BCUT2D eigenvalue weighted by atomic mass is 32.2. The molecular weight excluding hydrogens is 304 g/mol. The summed E-state index contributed by atoms with van der Waals surface area (Å²) in [4.78, 5) is 12.1. The zero-order valence-electron chi connectivity index (χ0n) is 12.2. The third kappa shape index (κ3) is 4.23. The van der Waals surface area contributed by atoms with Crippen LogP contribution in [0.25, 0.3) is 0 Å². The van der Waals surface area contributed by atoms with E-state index in [-0.39, 0.29) is 5.91 Å². The molecule has 2 aromatic rings. The third-order valence-electron chi connectivity index (χ3n) is 2.79. The minimum atomic E-state index is -3.41. The van der Waals surface area contributed by atoms with Gasteiger partial charge in [-0.1, -0.05) is 18.2 Å². The summed E-state index contributed by atoms with van der Waals surface area (Å²) in [6, 6.07) is 13.4. The number of hydrogen-bond donors (Lipinski definition) is 2. The maximum absolute atomic E-state index is 12.1. The summed E-state index contributed by atoms with van der Waals surface area (Å²) >= 11 is 0. The number of methoxy groups -OCH3 is 1. The van der Waals surface area contributed by atoms with Crippen LogP contribution in [-0.2, 0) is 10.0 Å². The summed E-state index contributed by atoms with van der Waals surface area (Å²) in [5.41, 5.74) is 1.34. The van der Waals surface area contributed by atoms with E-state index in [4.69, 9.17) is 4.74 Å². The summed E-state index contributed by atoms with van der Waals surface area (Å²) in [7, 11) is -1.98. The standard InChI is InChI=1S/C15H16N2O4S/c1-21-14-10-12(8-9-13(14)17-22(2,19)20)16-15(18)11-6-4-3-5-7-11/h3-10,17H,1-2H3,(H,16,18). The van der Waals surface area contributed by atoms with E-state index in [1.807, 2.05) is 6.07 Å². The maximum Gasteiger partial charge on any atom is 0.255 e. The molecule has 0 aliphatic heterocycles. The van der Waals surface area contributed by atoms with E-state index in [0.717, 1.165) is 6.26 Å². The van der Waals surface area contributed by atoms with Crippen LogP contribution < -0.4 is 14.8 Å². The van der Waals surface area contributed by atoms with Crippen molar-refractivity contribution in [2.45, 2.75) is 0 Å². The third-order valence-corrected chi connectivity index (χ3v) is 3.38. The topological polar surface area (TPSA) is 84.5 Å². The van der Waals surface area contributed by atoms with Crippen molar-refractivity contribution in [1.29, 1.82) is 0 Å². The van der Waals surface area contributed by atoms with Crippen molar-refractivity contribution in [2.24, 2.45) is 0 Å². The lowest BCUT2D eigenvalue weighted by Crippen LogP contribution is -2.13. The number of nitrogens with one attached hydrogen (secondary N) is 2. The predicted molar refractivity (Wildman–Crippen MR) is 85.9 cm³/mol. The van der Waals surface area contributed by atoms with Gasteiger partial charge in [0.2, 0.25) is 10.0 Å². The van der Waals surface area contributed by atoms with E-state index in [1.165, 1.54) is 13.2 Å². The molecule has 0 saturated heterocycles. The number of carbonyl (C=O) groups is 1. The van der Waals surface area contributed by atoms with E-state index in [9.17, 15) is 13.2 Å². The van der Waals surface area contributed by atoms with Gasteiger partial charge in [-0.2, -0.15) is 0 Å². The second-order valence-electron chi connectivity index (χ2n) is 4.61. The second-order valence-corrected chi connectivity index (χ2v) is 6.36. The molecule has 0 fully saturated rings. The van der Waals surface area contributed by atoms with Gasteiger partial charge in [0.15, 0.2) is 0 Å². The Balaban J connectivity index is 2.21. The molecular formula is C15H16N2O4S. The van der Waals surface area contributed by atoms with Gasteiger partial charge in [-0.15, -0.1) is 0 Å². The molecule has 0 bridgehead atoms. The molecule has 2 N–H and O–H groups in total. The Bertz CT molecular complexity index is 773. The Morgan fingerprint density at radius 3 is 2.36 bits per heavy atom. The van der Waals surface area contributed by atoms with Crippen molar-refractivity contribution in [1.82, 2.24) is 0 Å². The van der Waals surface area contributed by atoms with Crippen LogP contribution in [0.1, 0.15) is 10.4 Å². The van der Waals surface area contributed by atoms with Crippen molar-refractivity contribution in [2.75, 3.05) is 23.4 Å². The van der Waals surface area contributed by atoms with Crippen LogP contribution in [0.2, 0.25) is 0 Å². The summed E-state index contributed by atoms with van der Waals surface area (Å²) in [5.74, 6) is 0.0581. The van der Waals surface area contributed by atoms with Gasteiger partial charge in [-0.05, 0) is 24.3 Å². The van der Waals surface area contributed by atoms with Crippen LogP contribution in [0.15, 0.2) is 48.5 Å². The number of carbonyl (C=O) groups excluding carboxylic acids is 1. The quantitative estimate of drug-likeness (QED) is 0.885. The minimum Gasteiger partial charge on any atom is -0.494 e. The van der Waals surface area contributed by atoms with Crippen LogP contribution >= 0.6 is 0 Å². The summed E-state index contributed by atoms with van der Waals surface area (Å²) in [6.07, 6.45) is 1.05. The number of anilines is 2. The molecule has 0 atom stereocenters. The van der Waals surface area contributed by atoms with E-state index in [0.29, 0.717) is 22.7 Å². The lowest BCUT2D eigenvalue weighted by atomic mass is 10.2. The molecule has 0 unspecified atom stereocenters. The molecule has 0 heterocycles. The van der Waals surface area contributed by atoms with Crippen LogP contribution in [0, 0.1) is 0 Å². The van der Waals surface area contributed by atoms with Gasteiger partial charge in [0.25, 0.3) is 5.91 Å². The van der Waals surface area contributed by atoms with Gasteiger partial charge in [0.1, 0.15) is 5.75 Å². The fourth-order valence-corrected chi connectivity index (χ4v) is 2.41. The molecule has 0 spiro atoms. The molecule has 0 aromatic heterocycles. The van der Waals surface area contributed by atoms with Crippen LogP contribution in [-0.4, -0.2) is 27.7 Å². The van der Waals surface area contributed by atoms with Crippen molar-refractivity contribution in [3.63, 3.8) is 0 Å². The van der Waals surface area contributed by atoms with Crippen molar-refractivity contribution < 1.29 is 17.9 Å². The number of sulfonamides is 1. The predicted octanol–water partition coefficient (Wildman–Crippen LogP) is 2.32. The highest BCUT2D eigenvalue weighted by Gasteiger charge is 2.11. The van der Waals surface area contributed by atoms with E-state index in [2.05, 4.69) is 10.0 Å². The van der Waals surface area contributed by atoms with Gasteiger partial charge in [-0.25, -0.2) is 8.42 Å². The van der Waals surface area contributed by atoms with Gasteiger partial charge in [0.05, 0.1) is 19.1 Å². The average molecular weight is 320 g/mol. The lowest BCUT2D eigenvalue weighted by Gasteiger charge is -2.12. The molecule has 22 heavy (non-hydrogen) atoms. The Kier molecular flexibility index (Phi) is 4.67. The van der Waals surface area contributed by atoms with Gasteiger partial charge < -0.3 is 10.1 Å². The number of benzene rings is 2. The molecule has 0 radical (unpaired) electrons. The fourth-order valence-electron chi connectivity index (χ4n) is 1.85. The summed E-state index contributed by atoms with van der Waals surface area (Å²) < 4.78 is 30.0. The highest BCUT2D eigenvalue weighted by Crippen LogP contribution is 2.28. The molecule has 7 heteroatoms. The maximum atomic E-state index is 12.1. The zero-order chi connectivity index (χ0) is 16.2. The number of rotatable bonds is 5. The second kappa shape index (κ2) is 6.48. The van der Waals surface area contributed by atoms with E-state index < -0.39 is 10.0 Å². The first-order chi connectivity index (χ1) is 10.4. The Hall–Kier alpha value is -2.54. The smallest absolute Gasteiger partial charge is 0.255 e. The molecule has 6 nitrogen and oxygen atoms in total. The molecule has 2 aromatic carbocycles. The van der Waals surface area contributed by atoms with Gasteiger partial charge >= 0.3 is 0 Å². The average Bonchev–Trinajstić information content (AvgIpc) is 2.48. The lowest BCUT2D eigenvalue weighted by molar-refractivity contribution is 0.102. The molecule has 0 aliphatic carbocycles. The SMILES string of the molecule is COc1cc(NC(=O)c2ccccc2)ccc1NS(C)(=O)=O. The van der Waals surface area contributed by atoms with Crippen LogP contribution in [0.5, 0.6) is 5.75 Å². The Morgan fingerprint density at radius 2 is 1.77 bits per heavy atom. The molecule has 1 amide bonds. The highest BCUT2D eigenvalue weighted by molar-refractivity contribution is 7.92. The number of ether oxygens (including phenoxy) is 1.